The minimum atomic E-state index is -1.10. The van der Waals surface area contributed by atoms with Crippen molar-refractivity contribution in [2.24, 2.45) is 11.8 Å². The van der Waals surface area contributed by atoms with Gasteiger partial charge in [-0.3, -0.25) is 4.79 Å². The first kappa shape index (κ1) is 18.2. The van der Waals surface area contributed by atoms with Crippen LogP contribution in [0.3, 0.4) is 0 Å². The molecule has 1 aliphatic heterocycles. The maximum Gasteiger partial charge on any atom is 0.306 e. The minimum absolute atomic E-state index is 0.110. The number of ether oxygens (including phenoxy) is 1. The summed E-state index contributed by atoms with van der Waals surface area (Å²) in [5, 5.41) is 20.3. The fourth-order valence-electron chi connectivity index (χ4n) is 2.48. The van der Waals surface area contributed by atoms with E-state index in [1.165, 1.54) is 0 Å². The van der Waals surface area contributed by atoms with Crippen LogP contribution in [0.25, 0.3) is 0 Å². The molecule has 0 aliphatic carbocycles. The predicted octanol–water partition coefficient (Wildman–Crippen LogP) is 2.82. The highest BCUT2D eigenvalue weighted by molar-refractivity contribution is 5.69. The van der Waals surface area contributed by atoms with Gasteiger partial charge in [0, 0.05) is 6.42 Å². The first-order valence-electron chi connectivity index (χ1n) is 8.00. The largest absolute Gasteiger partial charge is 0.462 e. The van der Waals surface area contributed by atoms with E-state index in [1.54, 1.807) is 19.1 Å². The Morgan fingerprint density at radius 3 is 2.52 bits per heavy atom. The van der Waals surface area contributed by atoms with Gasteiger partial charge in [-0.25, -0.2) is 0 Å². The maximum absolute atomic E-state index is 11.8. The monoisotopic (exact) mass is 298 g/mol. The van der Waals surface area contributed by atoms with Crippen molar-refractivity contribution >= 4 is 5.97 Å². The summed E-state index contributed by atoms with van der Waals surface area (Å²) in [5.74, 6) is 0.191. The molecule has 0 saturated carbocycles. The van der Waals surface area contributed by atoms with Crippen molar-refractivity contribution in [3.63, 3.8) is 0 Å². The van der Waals surface area contributed by atoms with E-state index in [4.69, 9.17) is 4.74 Å². The summed E-state index contributed by atoms with van der Waals surface area (Å²) in [6.45, 7) is 7.67. The minimum Gasteiger partial charge on any atom is -0.462 e. The summed E-state index contributed by atoms with van der Waals surface area (Å²) in [7, 11) is 0. The van der Waals surface area contributed by atoms with Gasteiger partial charge < -0.3 is 14.9 Å². The molecule has 5 atom stereocenters. The van der Waals surface area contributed by atoms with Crippen molar-refractivity contribution in [1.82, 2.24) is 0 Å². The van der Waals surface area contributed by atoms with Gasteiger partial charge in [0.25, 0.3) is 0 Å². The lowest BCUT2D eigenvalue weighted by Crippen LogP contribution is -2.27. The van der Waals surface area contributed by atoms with Gasteiger partial charge in [0.1, 0.15) is 6.10 Å². The van der Waals surface area contributed by atoms with Crippen molar-refractivity contribution in [3.8, 4) is 0 Å². The van der Waals surface area contributed by atoms with Crippen LogP contribution in [0.2, 0.25) is 0 Å². The molecular weight excluding hydrogens is 268 g/mol. The molecule has 122 valence electrons. The molecule has 0 fully saturated rings. The Labute approximate surface area is 128 Å². The van der Waals surface area contributed by atoms with E-state index in [0.717, 1.165) is 19.3 Å². The van der Waals surface area contributed by atoms with E-state index in [0.29, 0.717) is 12.3 Å². The van der Waals surface area contributed by atoms with Gasteiger partial charge in [-0.05, 0) is 44.9 Å². The number of carbonyl (C=O) groups is 1. The Balaban J connectivity index is 2.78. The van der Waals surface area contributed by atoms with E-state index in [2.05, 4.69) is 6.92 Å². The zero-order chi connectivity index (χ0) is 16.0. The highest BCUT2D eigenvalue weighted by atomic mass is 16.5. The standard InChI is InChI=1S/C17H30O4/c1-12-6-5-7-13(2)15(18)8-10-17(4,20)11-9-16(19)21-14(12)3/h8,10,12-15,18,20H,5-7,9,11H2,1-4H3/t12-,13?,14+,15-,17+/m0/s1. The average Bonchev–Trinajstić information content (AvgIpc) is 2.41. The summed E-state index contributed by atoms with van der Waals surface area (Å²) >= 11 is 0. The number of aliphatic hydroxyl groups is 2. The summed E-state index contributed by atoms with van der Waals surface area (Å²) < 4.78 is 5.43. The van der Waals surface area contributed by atoms with Crippen LogP contribution < -0.4 is 0 Å². The van der Waals surface area contributed by atoms with Gasteiger partial charge in [0.15, 0.2) is 0 Å². The molecule has 0 amide bonds. The molecular formula is C17H30O4. The molecule has 4 heteroatoms. The van der Waals surface area contributed by atoms with Crippen molar-refractivity contribution in [3.05, 3.63) is 12.2 Å². The van der Waals surface area contributed by atoms with Crippen LogP contribution in [-0.4, -0.2) is 34.0 Å². The summed E-state index contributed by atoms with van der Waals surface area (Å²) in [4.78, 5) is 11.8. The zero-order valence-corrected chi connectivity index (χ0v) is 13.7. The van der Waals surface area contributed by atoms with Crippen LogP contribution >= 0.6 is 0 Å². The number of carbonyl (C=O) groups excluding carboxylic acids is 1. The molecule has 1 unspecified atom stereocenters. The van der Waals surface area contributed by atoms with E-state index >= 15 is 0 Å². The number of hydrogen-bond acceptors (Lipinski definition) is 4. The van der Waals surface area contributed by atoms with Crippen molar-refractivity contribution in [2.45, 2.75) is 77.6 Å². The van der Waals surface area contributed by atoms with Crippen LogP contribution in [0.1, 0.15) is 59.8 Å². The van der Waals surface area contributed by atoms with Gasteiger partial charge in [-0.1, -0.05) is 32.4 Å². The summed E-state index contributed by atoms with van der Waals surface area (Å²) in [6.07, 6.45) is 5.94. The quantitative estimate of drug-likeness (QED) is 0.533. The first-order chi connectivity index (χ1) is 9.71. The lowest BCUT2D eigenvalue weighted by atomic mass is 9.91. The van der Waals surface area contributed by atoms with Crippen molar-refractivity contribution < 1.29 is 19.7 Å². The Kier molecular flexibility index (Phi) is 6.88. The first-order valence-corrected chi connectivity index (χ1v) is 8.00. The van der Waals surface area contributed by atoms with Gasteiger partial charge in [-0.2, -0.15) is 0 Å². The van der Waals surface area contributed by atoms with Gasteiger partial charge in [0.2, 0.25) is 0 Å². The lowest BCUT2D eigenvalue weighted by molar-refractivity contribution is -0.151. The lowest BCUT2D eigenvalue weighted by Gasteiger charge is -2.25. The molecule has 0 aromatic heterocycles. The van der Waals surface area contributed by atoms with Crippen LogP contribution in [0.4, 0.5) is 0 Å². The Bertz CT molecular complexity index is 362. The van der Waals surface area contributed by atoms with Gasteiger partial charge in [0.05, 0.1) is 11.7 Å². The Morgan fingerprint density at radius 1 is 1.24 bits per heavy atom. The molecule has 0 radical (unpaired) electrons. The Hall–Kier alpha value is -0.870. The predicted molar refractivity (Wildman–Crippen MR) is 82.7 cm³/mol. The SMILES string of the molecule is CC1CCC[C@H](C)[C@@H](C)OC(=O)CC[C@](C)(O)C=C[C@@H]1O. The number of esters is 1. The maximum atomic E-state index is 11.8. The van der Waals surface area contributed by atoms with E-state index in [-0.39, 0.29) is 24.4 Å². The molecule has 1 heterocycles. The molecule has 0 aromatic rings. The smallest absolute Gasteiger partial charge is 0.306 e. The van der Waals surface area contributed by atoms with E-state index in [9.17, 15) is 15.0 Å². The zero-order valence-electron chi connectivity index (χ0n) is 13.7. The molecule has 1 rings (SSSR count). The van der Waals surface area contributed by atoms with E-state index < -0.39 is 11.7 Å². The highest BCUT2D eigenvalue weighted by Gasteiger charge is 2.23. The molecule has 2 N–H and O–H groups in total. The molecule has 0 saturated heterocycles. The molecule has 1 aliphatic rings. The molecule has 4 nitrogen and oxygen atoms in total. The van der Waals surface area contributed by atoms with Crippen molar-refractivity contribution in [1.29, 1.82) is 0 Å². The van der Waals surface area contributed by atoms with Crippen LogP contribution in [0.15, 0.2) is 12.2 Å². The molecule has 0 spiro atoms. The number of rotatable bonds is 0. The summed E-state index contributed by atoms with van der Waals surface area (Å²) in [5.41, 5.74) is -1.10. The Morgan fingerprint density at radius 2 is 1.86 bits per heavy atom. The third kappa shape index (κ3) is 6.62. The molecule has 0 aromatic carbocycles. The topological polar surface area (TPSA) is 66.8 Å². The average molecular weight is 298 g/mol. The second-order valence-electron chi connectivity index (χ2n) is 6.79. The third-order valence-electron chi connectivity index (χ3n) is 4.51. The molecule has 21 heavy (non-hydrogen) atoms. The number of cyclic esters (lactones) is 1. The normalized spacial score (nSPS) is 40.4. The van der Waals surface area contributed by atoms with Crippen LogP contribution in [0.5, 0.6) is 0 Å². The summed E-state index contributed by atoms with van der Waals surface area (Å²) in [6, 6.07) is 0. The van der Waals surface area contributed by atoms with Gasteiger partial charge in [-0.15, -0.1) is 0 Å². The fourth-order valence-corrected chi connectivity index (χ4v) is 2.48. The van der Waals surface area contributed by atoms with Crippen molar-refractivity contribution in [2.75, 3.05) is 0 Å². The number of aliphatic hydroxyl groups excluding tert-OH is 1. The van der Waals surface area contributed by atoms with Crippen LogP contribution in [-0.2, 0) is 9.53 Å². The number of hydrogen-bond donors (Lipinski definition) is 2. The van der Waals surface area contributed by atoms with Gasteiger partial charge >= 0.3 is 5.97 Å². The fraction of sp³-hybridized carbons (Fsp3) is 0.824. The highest BCUT2D eigenvalue weighted by Crippen LogP contribution is 2.23. The second-order valence-corrected chi connectivity index (χ2v) is 6.79. The molecule has 0 bridgehead atoms. The van der Waals surface area contributed by atoms with E-state index in [1.807, 2.05) is 13.8 Å². The second kappa shape index (κ2) is 7.95. The third-order valence-corrected chi connectivity index (χ3v) is 4.51. The van der Waals surface area contributed by atoms with Crippen LogP contribution in [0, 0.1) is 11.8 Å².